The first-order valence-corrected chi connectivity index (χ1v) is 9.16. The van der Waals surface area contributed by atoms with Gasteiger partial charge in [-0.1, -0.05) is 42.8 Å². The van der Waals surface area contributed by atoms with E-state index in [-0.39, 0.29) is 0 Å². The molecule has 6 rings (SSSR count). The van der Waals surface area contributed by atoms with Crippen molar-refractivity contribution in [1.29, 1.82) is 0 Å². The smallest absolute Gasteiger partial charge is 0.117 e. The third kappa shape index (κ3) is 1.59. The lowest BCUT2D eigenvalue weighted by Gasteiger charge is -2.36. The minimum absolute atomic E-state index is 0.626. The monoisotopic (exact) mass is 312 g/mol. The van der Waals surface area contributed by atoms with E-state index < -0.39 is 0 Å². The van der Waals surface area contributed by atoms with E-state index in [9.17, 15) is 0 Å². The highest BCUT2D eigenvalue weighted by Crippen LogP contribution is 2.52. The zero-order valence-corrected chi connectivity index (χ0v) is 13.7. The average Bonchev–Trinajstić information content (AvgIpc) is 3.25. The van der Waals surface area contributed by atoms with Gasteiger partial charge < -0.3 is 0 Å². The van der Waals surface area contributed by atoms with Crippen molar-refractivity contribution in [2.24, 2.45) is 5.92 Å². The maximum Gasteiger partial charge on any atom is 0.117 e. The summed E-state index contributed by atoms with van der Waals surface area (Å²) < 4.78 is 2.52. The van der Waals surface area contributed by atoms with Crippen molar-refractivity contribution in [3.63, 3.8) is 0 Å². The molecule has 2 heterocycles. The van der Waals surface area contributed by atoms with E-state index in [0.29, 0.717) is 5.92 Å². The summed E-state index contributed by atoms with van der Waals surface area (Å²) in [6.45, 7) is 0. The maximum atomic E-state index is 5.07. The molecule has 1 saturated carbocycles. The lowest BCUT2D eigenvalue weighted by Crippen LogP contribution is -2.27. The van der Waals surface area contributed by atoms with Gasteiger partial charge >= 0.3 is 0 Å². The van der Waals surface area contributed by atoms with Crippen molar-refractivity contribution in [3.8, 4) is 0 Å². The van der Waals surface area contributed by atoms with Crippen LogP contribution in [0.3, 0.4) is 0 Å². The van der Waals surface area contributed by atoms with Crippen molar-refractivity contribution < 1.29 is 0 Å². The number of allylic oxidation sites excluding steroid dienone is 2. The molecule has 3 aromatic rings. The number of para-hydroxylation sites is 2. The number of hydrogen-bond donors (Lipinski definition) is 0. The highest BCUT2D eigenvalue weighted by atomic mass is 15.1. The van der Waals surface area contributed by atoms with Gasteiger partial charge in [0.25, 0.3) is 0 Å². The van der Waals surface area contributed by atoms with Crippen LogP contribution in [0.5, 0.6) is 0 Å². The summed E-state index contributed by atoms with van der Waals surface area (Å²) in [7, 11) is 0. The van der Waals surface area contributed by atoms with Crippen LogP contribution in [0.25, 0.3) is 16.7 Å². The van der Waals surface area contributed by atoms with Gasteiger partial charge in [0.05, 0.1) is 11.0 Å². The molecule has 1 aliphatic heterocycles. The molecule has 0 N–H and O–H groups in total. The molecule has 0 bridgehead atoms. The summed E-state index contributed by atoms with van der Waals surface area (Å²) in [4.78, 5) is 5.07. The van der Waals surface area contributed by atoms with E-state index in [0.717, 1.165) is 24.3 Å². The van der Waals surface area contributed by atoms with Gasteiger partial charge in [-0.05, 0) is 54.0 Å². The lowest BCUT2D eigenvalue weighted by atomic mass is 9.76. The number of rotatable bonds is 0. The first-order valence-electron chi connectivity index (χ1n) is 9.16. The standard InChI is InChI=1S/C22H20N2/c1-2-7-15-13-21-18(12-14(15)6-1)16-8-5-9-17(16)22-23-19-10-3-4-11-20(19)24(21)22/h1-4,6-7,10-11,16-17H,5,8-9,12-13H2. The number of nitrogens with zero attached hydrogens (tertiary/aromatic N) is 2. The Morgan fingerprint density at radius 3 is 2.50 bits per heavy atom. The summed E-state index contributed by atoms with van der Waals surface area (Å²) in [5.74, 6) is 2.68. The normalized spacial score (nSPS) is 24.5. The Balaban J connectivity index is 1.65. The van der Waals surface area contributed by atoms with E-state index in [4.69, 9.17) is 4.98 Å². The molecular weight excluding hydrogens is 292 g/mol. The maximum absolute atomic E-state index is 5.07. The molecule has 0 saturated heterocycles. The first kappa shape index (κ1) is 13.0. The predicted molar refractivity (Wildman–Crippen MR) is 96.9 cm³/mol. The molecular formula is C22H20N2. The van der Waals surface area contributed by atoms with Crippen LogP contribution < -0.4 is 0 Å². The SMILES string of the molecule is c1ccc2c(c1)CC1=C(C2)n2c(nc3ccccc32)C2CCCC12. The molecule has 0 amide bonds. The molecule has 1 fully saturated rings. The number of aromatic nitrogens is 2. The summed E-state index contributed by atoms with van der Waals surface area (Å²) in [5, 5.41) is 0. The third-order valence-corrected chi connectivity index (χ3v) is 6.38. The Hall–Kier alpha value is -2.35. The topological polar surface area (TPSA) is 17.8 Å². The summed E-state index contributed by atoms with van der Waals surface area (Å²) in [6.07, 6.45) is 6.18. The largest absolute Gasteiger partial charge is 0.300 e. The Kier molecular flexibility index (Phi) is 2.49. The first-order chi connectivity index (χ1) is 11.9. The molecule has 0 spiro atoms. The molecule has 2 aromatic carbocycles. The van der Waals surface area contributed by atoms with E-state index >= 15 is 0 Å². The summed E-state index contributed by atoms with van der Waals surface area (Å²) >= 11 is 0. The van der Waals surface area contributed by atoms with Crippen LogP contribution in [0.15, 0.2) is 54.1 Å². The number of benzene rings is 2. The van der Waals surface area contributed by atoms with E-state index in [1.165, 1.54) is 47.4 Å². The molecule has 3 aliphatic rings. The van der Waals surface area contributed by atoms with Crippen LogP contribution >= 0.6 is 0 Å². The molecule has 2 aliphatic carbocycles. The average molecular weight is 312 g/mol. The second kappa shape index (κ2) is 4.60. The molecule has 2 heteroatoms. The quantitative estimate of drug-likeness (QED) is 0.574. The van der Waals surface area contributed by atoms with Crippen LogP contribution in [-0.4, -0.2) is 9.55 Å². The molecule has 1 aromatic heterocycles. The van der Waals surface area contributed by atoms with Gasteiger partial charge in [-0.3, -0.25) is 4.57 Å². The van der Waals surface area contributed by atoms with E-state index in [1.807, 2.05) is 0 Å². The number of hydrogen-bond acceptors (Lipinski definition) is 1. The van der Waals surface area contributed by atoms with Gasteiger partial charge in [0.2, 0.25) is 0 Å². The molecule has 118 valence electrons. The van der Waals surface area contributed by atoms with E-state index in [2.05, 4.69) is 53.1 Å². The Labute approximate surface area is 141 Å². The number of fused-ring (bicyclic) bond motifs is 8. The van der Waals surface area contributed by atoms with Crippen molar-refractivity contribution in [2.75, 3.05) is 0 Å². The highest BCUT2D eigenvalue weighted by molar-refractivity contribution is 5.82. The van der Waals surface area contributed by atoms with Crippen LogP contribution in [0.4, 0.5) is 0 Å². The van der Waals surface area contributed by atoms with Gasteiger partial charge in [0, 0.05) is 18.0 Å². The van der Waals surface area contributed by atoms with E-state index in [1.54, 1.807) is 5.57 Å². The fourth-order valence-corrected chi connectivity index (χ4v) is 5.33. The van der Waals surface area contributed by atoms with Crippen LogP contribution in [-0.2, 0) is 12.8 Å². The zero-order chi connectivity index (χ0) is 15.7. The Bertz CT molecular complexity index is 1010. The lowest BCUT2D eigenvalue weighted by molar-refractivity contribution is 0.495. The zero-order valence-electron chi connectivity index (χ0n) is 13.7. The molecule has 2 unspecified atom stereocenters. The second-order valence-electron chi connectivity index (χ2n) is 7.53. The van der Waals surface area contributed by atoms with Gasteiger partial charge in [-0.25, -0.2) is 4.98 Å². The van der Waals surface area contributed by atoms with Crippen molar-refractivity contribution in [1.82, 2.24) is 9.55 Å². The van der Waals surface area contributed by atoms with Crippen LogP contribution in [0, 0.1) is 5.92 Å². The fourth-order valence-electron chi connectivity index (χ4n) is 5.33. The van der Waals surface area contributed by atoms with Crippen molar-refractivity contribution >= 4 is 16.7 Å². The molecule has 0 radical (unpaired) electrons. The highest BCUT2D eigenvalue weighted by Gasteiger charge is 2.41. The second-order valence-corrected chi connectivity index (χ2v) is 7.53. The van der Waals surface area contributed by atoms with Gasteiger partial charge in [-0.15, -0.1) is 0 Å². The third-order valence-electron chi connectivity index (χ3n) is 6.38. The van der Waals surface area contributed by atoms with Crippen LogP contribution in [0.1, 0.15) is 42.1 Å². The number of imidazole rings is 1. The minimum Gasteiger partial charge on any atom is -0.300 e. The molecule has 2 nitrogen and oxygen atoms in total. The summed E-state index contributed by atoms with van der Waals surface area (Å²) in [6, 6.07) is 17.7. The van der Waals surface area contributed by atoms with Crippen LogP contribution in [0.2, 0.25) is 0 Å². The Morgan fingerprint density at radius 1 is 0.833 bits per heavy atom. The Morgan fingerprint density at radius 2 is 1.58 bits per heavy atom. The molecule has 2 atom stereocenters. The van der Waals surface area contributed by atoms with Gasteiger partial charge in [0.1, 0.15) is 5.82 Å². The van der Waals surface area contributed by atoms with Gasteiger partial charge in [0.15, 0.2) is 0 Å². The molecule has 24 heavy (non-hydrogen) atoms. The summed E-state index contributed by atoms with van der Waals surface area (Å²) in [5.41, 5.74) is 8.72. The minimum atomic E-state index is 0.626. The predicted octanol–water partition coefficient (Wildman–Crippen LogP) is 4.94. The van der Waals surface area contributed by atoms with Crippen molar-refractivity contribution in [2.45, 2.75) is 38.0 Å². The fraction of sp³-hybridized carbons (Fsp3) is 0.318. The van der Waals surface area contributed by atoms with Crippen molar-refractivity contribution in [3.05, 3.63) is 71.1 Å². The van der Waals surface area contributed by atoms with Gasteiger partial charge in [-0.2, -0.15) is 0 Å².